The minimum Gasteiger partial charge on any atom is -0.333 e. The number of benzene rings is 2. The molecule has 0 saturated carbocycles. The van der Waals surface area contributed by atoms with Gasteiger partial charge in [0.05, 0.1) is 12.9 Å². The highest BCUT2D eigenvalue weighted by Crippen LogP contribution is 2.34. The van der Waals surface area contributed by atoms with Crippen LogP contribution in [-0.4, -0.2) is 14.6 Å². The van der Waals surface area contributed by atoms with Gasteiger partial charge in [-0.15, -0.1) is 10.1 Å². The van der Waals surface area contributed by atoms with Gasteiger partial charge in [-0.1, -0.05) is 59.6 Å². The minimum absolute atomic E-state index is 0.105. The Morgan fingerprint density at radius 1 is 1.19 bits per heavy atom. The molecule has 1 aromatic heterocycles. The lowest BCUT2D eigenvalue weighted by molar-refractivity contribution is -0.730. The van der Waals surface area contributed by atoms with Crippen LogP contribution in [0.1, 0.15) is 11.1 Å². The monoisotopic (exact) mass is 389 g/mol. The molecule has 8 heteroatoms. The van der Waals surface area contributed by atoms with Crippen molar-refractivity contribution < 1.29 is 9.92 Å². The smallest absolute Gasteiger partial charge is 0.299 e. The maximum Gasteiger partial charge on any atom is 0.299 e. The lowest BCUT2D eigenvalue weighted by atomic mass is 10.0. The molecule has 1 heterocycles. The molecule has 0 atom stereocenters. The number of allylic oxidation sites excluding steroid dienone is 1. The normalized spacial score (nSPS) is 11.8. The van der Waals surface area contributed by atoms with E-state index in [9.17, 15) is 10.1 Å². The van der Waals surface area contributed by atoms with Crippen LogP contribution < -0.4 is 0 Å². The number of nitrogens with zero attached hydrogens (tertiary/aromatic N) is 3. The SMILES string of the molecule is O=[N+]([O-])OC(=C(Cn1ccnc1)c1ccc(Cl)cc1Cl)c1ccccc1. The van der Waals surface area contributed by atoms with E-state index in [1.807, 2.05) is 6.07 Å². The van der Waals surface area contributed by atoms with Crippen molar-refractivity contribution in [2.75, 3.05) is 0 Å². The average molecular weight is 390 g/mol. The largest absolute Gasteiger partial charge is 0.333 e. The molecule has 0 unspecified atom stereocenters. The summed E-state index contributed by atoms with van der Waals surface area (Å²) < 4.78 is 1.77. The first-order chi connectivity index (χ1) is 12.5. The Balaban J connectivity index is 2.23. The highest BCUT2D eigenvalue weighted by Gasteiger charge is 2.18. The Morgan fingerprint density at radius 2 is 1.96 bits per heavy atom. The molecule has 0 fully saturated rings. The fourth-order valence-corrected chi connectivity index (χ4v) is 3.04. The van der Waals surface area contributed by atoms with E-state index in [2.05, 4.69) is 4.98 Å². The van der Waals surface area contributed by atoms with Crippen LogP contribution >= 0.6 is 23.2 Å². The molecule has 0 aliphatic rings. The summed E-state index contributed by atoms with van der Waals surface area (Å²) in [4.78, 5) is 20.1. The second-order valence-corrected chi connectivity index (χ2v) is 6.19. The average Bonchev–Trinajstić information content (AvgIpc) is 3.12. The molecular formula is C18H13Cl2N3O3. The number of rotatable bonds is 6. The third-order valence-corrected chi connectivity index (χ3v) is 4.18. The Morgan fingerprint density at radius 3 is 2.58 bits per heavy atom. The zero-order valence-electron chi connectivity index (χ0n) is 13.4. The first-order valence-electron chi connectivity index (χ1n) is 7.56. The van der Waals surface area contributed by atoms with Crippen molar-refractivity contribution in [3.05, 3.63) is 98.5 Å². The lowest BCUT2D eigenvalue weighted by Crippen LogP contribution is -2.07. The first-order valence-corrected chi connectivity index (χ1v) is 8.32. The maximum atomic E-state index is 11.1. The minimum atomic E-state index is -0.833. The van der Waals surface area contributed by atoms with E-state index in [4.69, 9.17) is 28.0 Å². The molecule has 3 aromatic rings. The van der Waals surface area contributed by atoms with Gasteiger partial charge in [-0.3, -0.25) is 4.84 Å². The van der Waals surface area contributed by atoms with Crippen LogP contribution in [0, 0.1) is 10.1 Å². The van der Waals surface area contributed by atoms with Gasteiger partial charge in [0.2, 0.25) is 0 Å². The fourth-order valence-electron chi connectivity index (χ4n) is 2.52. The summed E-state index contributed by atoms with van der Waals surface area (Å²) >= 11 is 12.4. The Labute approximate surface area is 159 Å². The molecule has 0 N–H and O–H groups in total. The van der Waals surface area contributed by atoms with Crippen molar-refractivity contribution in [3.8, 4) is 0 Å². The van der Waals surface area contributed by atoms with E-state index in [0.29, 0.717) is 26.7 Å². The molecule has 2 aromatic carbocycles. The number of hydrogen-bond acceptors (Lipinski definition) is 4. The molecule has 26 heavy (non-hydrogen) atoms. The summed E-state index contributed by atoms with van der Waals surface area (Å²) in [5.41, 5.74) is 1.68. The Hall–Kier alpha value is -2.83. The zero-order valence-corrected chi connectivity index (χ0v) is 14.9. The predicted molar refractivity (Wildman–Crippen MR) is 100 cm³/mol. The summed E-state index contributed by atoms with van der Waals surface area (Å²) in [5.74, 6) is 0.105. The number of halogens is 2. The quantitative estimate of drug-likeness (QED) is 0.258. The molecule has 0 radical (unpaired) electrons. The van der Waals surface area contributed by atoms with E-state index in [1.54, 1.807) is 65.8 Å². The number of hydrogen-bond donors (Lipinski definition) is 0. The standard InChI is InChI=1S/C18H13Cl2N3O3/c19-14-6-7-15(17(20)10-14)16(11-22-9-8-21-12-22)18(26-23(24)25)13-4-2-1-3-5-13/h1-10,12H,11H2. The van der Waals surface area contributed by atoms with Gasteiger partial charge < -0.3 is 4.57 Å². The second-order valence-electron chi connectivity index (χ2n) is 5.35. The molecular weight excluding hydrogens is 377 g/mol. The van der Waals surface area contributed by atoms with Gasteiger partial charge in [0, 0.05) is 39.1 Å². The lowest BCUT2D eigenvalue weighted by Gasteiger charge is -2.16. The van der Waals surface area contributed by atoms with Crippen LogP contribution in [-0.2, 0) is 11.4 Å². The summed E-state index contributed by atoms with van der Waals surface area (Å²) in [6.45, 7) is 0.277. The van der Waals surface area contributed by atoms with Crippen molar-refractivity contribution in [1.82, 2.24) is 9.55 Å². The third kappa shape index (κ3) is 4.22. The topological polar surface area (TPSA) is 70.2 Å². The van der Waals surface area contributed by atoms with E-state index in [1.165, 1.54) is 0 Å². The molecule has 0 spiro atoms. The van der Waals surface area contributed by atoms with Crippen molar-refractivity contribution in [2.24, 2.45) is 0 Å². The summed E-state index contributed by atoms with van der Waals surface area (Å²) in [6, 6.07) is 13.8. The fraction of sp³-hybridized carbons (Fsp3) is 0.0556. The molecule has 3 rings (SSSR count). The number of imidazole rings is 1. The molecule has 6 nitrogen and oxygen atoms in total. The van der Waals surface area contributed by atoms with E-state index in [-0.39, 0.29) is 12.3 Å². The van der Waals surface area contributed by atoms with Gasteiger partial charge in [0.15, 0.2) is 0 Å². The van der Waals surface area contributed by atoms with Crippen LogP contribution in [0.15, 0.2) is 67.3 Å². The van der Waals surface area contributed by atoms with Crippen molar-refractivity contribution in [3.63, 3.8) is 0 Å². The molecule has 0 aliphatic carbocycles. The first kappa shape index (κ1) is 18.0. The van der Waals surface area contributed by atoms with Gasteiger partial charge in [0.25, 0.3) is 5.09 Å². The maximum absolute atomic E-state index is 11.1. The second kappa shape index (κ2) is 8.03. The highest BCUT2D eigenvalue weighted by atomic mass is 35.5. The van der Waals surface area contributed by atoms with Crippen LogP contribution in [0.3, 0.4) is 0 Å². The van der Waals surface area contributed by atoms with Crippen LogP contribution in [0.4, 0.5) is 0 Å². The summed E-state index contributed by atoms with van der Waals surface area (Å²) in [5, 5.41) is 11.1. The highest BCUT2D eigenvalue weighted by molar-refractivity contribution is 6.35. The number of aromatic nitrogens is 2. The molecule has 0 aliphatic heterocycles. The zero-order chi connectivity index (χ0) is 18.5. The van der Waals surface area contributed by atoms with Gasteiger partial charge in [0.1, 0.15) is 5.76 Å². The molecule has 132 valence electrons. The van der Waals surface area contributed by atoms with Gasteiger partial charge in [-0.2, -0.15) is 0 Å². The van der Waals surface area contributed by atoms with Crippen LogP contribution in [0.25, 0.3) is 11.3 Å². The van der Waals surface area contributed by atoms with E-state index < -0.39 is 5.09 Å². The van der Waals surface area contributed by atoms with Gasteiger partial charge in [-0.05, 0) is 12.1 Å². The van der Waals surface area contributed by atoms with Crippen molar-refractivity contribution in [1.29, 1.82) is 0 Å². The Kier molecular flexibility index (Phi) is 5.55. The van der Waals surface area contributed by atoms with Crippen LogP contribution in [0.2, 0.25) is 10.0 Å². The van der Waals surface area contributed by atoms with E-state index in [0.717, 1.165) is 0 Å². The molecule has 0 amide bonds. The van der Waals surface area contributed by atoms with Crippen molar-refractivity contribution in [2.45, 2.75) is 6.54 Å². The predicted octanol–water partition coefficient (Wildman–Crippen LogP) is 4.97. The third-order valence-electron chi connectivity index (χ3n) is 3.63. The van der Waals surface area contributed by atoms with Gasteiger partial charge in [-0.25, -0.2) is 4.98 Å². The van der Waals surface area contributed by atoms with Crippen LogP contribution in [0.5, 0.6) is 0 Å². The summed E-state index contributed by atoms with van der Waals surface area (Å²) in [7, 11) is 0. The summed E-state index contributed by atoms with van der Waals surface area (Å²) in [6.07, 6.45) is 4.98. The van der Waals surface area contributed by atoms with E-state index >= 15 is 0 Å². The molecule has 0 bridgehead atoms. The van der Waals surface area contributed by atoms with Crippen molar-refractivity contribution >= 4 is 34.5 Å². The Bertz CT molecular complexity index is 942. The van der Waals surface area contributed by atoms with Gasteiger partial charge >= 0.3 is 0 Å². The molecule has 0 saturated heterocycles.